The summed E-state index contributed by atoms with van der Waals surface area (Å²) in [4.78, 5) is 24.5. The SMILES string of the molecule is Cc1ccc(OC(C)C(=O)Nc2cccc(NC(=O)COc3ccccc3)c2)cc1. The Balaban J connectivity index is 1.52. The first-order valence-electron chi connectivity index (χ1n) is 9.61. The van der Waals surface area contributed by atoms with Crippen LogP contribution in [-0.2, 0) is 9.59 Å². The van der Waals surface area contributed by atoms with E-state index in [4.69, 9.17) is 9.47 Å². The number of aryl methyl sites for hydroxylation is 1. The van der Waals surface area contributed by atoms with Crippen molar-refractivity contribution in [3.8, 4) is 11.5 Å². The number of benzene rings is 3. The van der Waals surface area contributed by atoms with Crippen molar-refractivity contribution < 1.29 is 19.1 Å². The number of ether oxygens (including phenoxy) is 2. The van der Waals surface area contributed by atoms with Gasteiger partial charge in [-0.1, -0.05) is 42.0 Å². The number of para-hydroxylation sites is 1. The van der Waals surface area contributed by atoms with Gasteiger partial charge in [-0.05, 0) is 56.3 Å². The van der Waals surface area contributed by atoms with Crippen LogP contribution < -0.4 is 20.1 Å². The zero-order valence-corrected chi connectivity index (χ0v) is 16.9. The number of carbonyl (C=O) groups is 2. The van der Waals surface area contributed by atoms with Gasteiger partial charge >= 0.3 is 0 Å². The van der Waals surface area contributed by atoms with E-state index in [2.05, 4.69) is 10.6 Å². The first-order chi connectivity index (χ1) is 14.5. The molecule has 1 atom stereocenters. The molecule has 1 unspecified atom stereocenters. The van der Waals surface area contributed by atoms with Crippen molar-refractivity contribution in [3.63, 3.8) is 0 Å². The minimum atomic E-state index is -0.676. The first kappa shape index (κ1) is 20.9. The Labute approximate surface area is 175 Å². The molecule has 0 aliphatic rings. The molecular formula is C24H24N2O4. The Hall–Kier alpha value is -3.80. The molecular weight excluding hydrogens is 380 g/mol. The lowest BCUT2D eigenvalue weighted by Gasteiger charge is -2.15. The molecule has 6 heteroatoms. The molecule has 0 radical (unpaired) electrons. The first-order valence-corrected chi connectivity index (χ1v) is 9.61. The predicted octanol–water partition coefficient (Wildman–Crippen LogP) is 4.42. The monoisotopic (exact) mass is 404 g/mol. The van der Waals surface area contributed by atoms with E-state index in [0.29, 0.717) is 22.9 Å². The van der Waals surface area contributed by atoms with Crippen LogP contribution in [0.3, 0.4) is 0 Å². The van der Waals surface area contributed by atoms with Gasteiger partial charge in [0, 0.05) is 11.4 Å². The van der Waals surface area contributed by atoms with Crippen molar-refractivity contribution in [1.82, 2.24) is 0 Å². The molecule has 3 aromatic rings. The molecule has 3 aromatic carbocycles. The van der Waals surface area contributed by atoms with Gasteiger partial charge in [0.15, 0.2) is 12.7 Å². The molecule has 3 rings (SSSR count). The van der Waals surface area contributed by atoms with Gasteiger partial charge in [0.2, 0.25) is 0 Å². The van der Waals surface area contributed by atoms with Gasteiger partial charge < -0.3 is 20.1 Å². The fourth-order valence-electron chi connectivity index (χ4n) is 2.66. The average Bonchev–Trinajstić information content (AvgIpc) is 2.75. The average molecular weight is 404 g/mol. The number of rotatable bonds is 8. The van der Waals surface area contributed by atoms with E-state index >= 15 is 0 Å². The molecule has 0 heterocycles. The summed E-state index contributed by atoms with van der Waals surface area (Å²) in [7, 11) is 0. The van der Waals surface area contributed by atoms with E-state index in [1.807, 2.05) is 49.4 Å². The lowest BCUT2D eigenvalue weighted by atomic mass is 10.2. The van der Waals surface area contributed by atoms with Crippen molar-refractivity contribution in [2.24, 2.45) is 0 Å². The number of hydrogen-bond donors (Lipinski definition) is 2. The maximum Gasteiger partial charge on any atom is 0.265 e. The van der Waals surface area contributed by atoms with Gasteiger partial charge in [0.25, 0.3) is 11.8 Å². The summed E-state index contributed by atoms with van der Waals surface area (Å²) in [5.74, 6) is 0.670. The lowest BCUT2D eigenvalue weighted by molar-refractivity contribution is -0.122. The summed E-state index contributed by atoms with van der Waals surface area (Å²) < 4.78 is 11.1. The minimum absolute atomic E-state index is 0.109. The Bertz CT molecular complexity index is 988. The highest BCUT2D eigenvalue weighted by molar-refractivity contribution is 5.96. The smallest absolute Gasteiger partial charge is 0.265 e. The second-order valence-electron chi connectivity index (χ2n) is 6.79. The van der Waals surface area contributed by atoms with Crippen LogP contribution in [0, 0.1) is 6.92 Å². The normalized spacial score (nSPS) is 11.3. The van der Waals surface area contributed by atoms with Crippen molar-refractivity contribution in [2.75, 3.05) is 17.2 Å². The molecule has 154 valence electrons. The highest BCUT2D eigenvalue weighted by atomic mass is 16.5. The van der Waals surface area contributed by atoms with Crippen molar-refractivity contribution >= 4 is 23.2 Å². The molecule has 0 aliphatic carbocycles. The summed E-state index contributed by atoms with van der Waals surface area (Å²) in [6.07, 6.45) is -0.676. The van der Waals surface area contributed by atoms with Gasteiger partial charge in [-0.15, -0.1) is 0 Å². The zero-order chi connectivity index (χ0) is 21.3. The van der Waals surface area contributed by atoms with E-state index in [9.17, 15) is 9.59 Å². The van der Waals surface area contributed by atoms with Crippen LogP contribution in [0.25, 0.3) is 0 Å². The number of amides is 2. The molecule has 0 saturated heterocycles. The molecule has 0 bridgehead atoms. The maximum absolute atomic E-state index is 12.4. The molecule has 0 spiro atoms. The summed E-state index contributed by atoms with van der Waals surface area (Å²) in [6, 6.07) is 23.5. The van der Waals surface area contributed by atoms with Crippen molar-refractivity contribution in [3.05, 3.63) is 84.4 Å². The fourth-order valence-corrected chi connectivity index (χ4v) is 2.66. The van der Waals surface area contributed by atoms with Crippen LogP contribution in [0.15, 0.2) is 78.9 Å². The van der Waals surface area contributed by atoms with Crippen LogP contribution >= 0.6 is 0 Å². The summed E-state index contributed by atoms with van der Waals surface area (Å²) in [5, 5.41) is 5.55. The van der Waals surface area contributed by atoms with E-state index in [-0.39, 0.29) is 18.4 Å². The molecule has 2 N–H and O–H groups in total. The van der Waals surface area contributed by atoms with Crippen LogP contribution in [0.1, 0.15) is 12.5 Å². The van der Waals surface area contributed by atoms with E-state index in [1.54, 1.807) is 43.3 Å². The Morgan fingerprint density at radius 2 is 1.50 bits per heavy atom. The Kier molecular flexibility index (Phi) is 7.05. The minimum Gasteiger partial charge on any atom is -0.484 e. The third-order valence-electron chi connectivity index (χ3n) is 4.23. The fraction of sp³-hybridized carbons (Fsp3) is 0.167. The lowest BCUT2D eigenvalue weighted by Crippen LogP contribution is -2.30. The predicted molar refractivity (Wildman–Crippen MR) is 117 cm³/mol. The molecule has 0 saturated carbocycles. The highest BCUT2D eigenvalue weighted by Gasteiger charge is 2.15. The van der Waals surface area contributed by atoms with Crippen LogP contribution in [0.4, 0.5) is 11.4 Å². The van der Waals surface area contributed by atoms with Gasteiger partial charge in [-0.2, -0.15) is 0 Å². The van der Waals surface area contributed by atoms with Gasteiger partial charge in [0.1, 0.15) is 11.5 Å². The maximum atomic E-state index is 12.4. The quantitative estimate of drug-likeness (QED) is 0.583. The number of anilines is 2. The van der Waals surface area contributed by atoms with Gasteiger partial charge in [-0.25, -0.2) is 0 Å². The molecule has 0 fully saturated rings. The zero-order valence-electron chi connectivity index (χ0n) is 16.9. The summed E-state index contributed by atoms with van der Waals surface area (Å²) >= 11 is 0. The van der Waals surface area contributed by atoms with Crippen LogP contribution in [0.5, 0.6) is 11.5 Å². The topological polar surface area (TPSA) is 76.7 Å². The number of hydrogen-bond acceptors (Lipinski definition) is 4. The third kappa shape index (κ3) is 6.38. The molecule has 30 heavy (non-hydrogen) atoms. The number of nitrogens with one attached hydrogen (secondary N) is 2. The summed E-state index contributed by atoms with van der Waals surface area (Å²) in [6.45, 7) is 3.56. The highest BCUT2D eigenvalue weighted by Crippen LogP contribution is 2.17. The van der Waals surface area contributed by atoms with E-state index in [0.717, 1.165) is 5.56 Å². The second-order valence-corrected chi connectivity index (χ2v) is 6.79. The van der Waals surface area contributed by atoms with Gasteiger partial charge in [-0.3, -0.25) is 9.59 Å². The Morgan fingerprint density at radius 1 is 0.833 bits per heavy atom. The molecule has 0 aromatic heterocycles. The second kappa shape index (κ2) is 10.1. The van der Waals surface area contributed by atoms with E-state index in [1.165, 1.54) is 0 Å². The Morgan fingerprint density at radius 3 is 2.20 bits per heavy atom. The molecule has 6 nitrogen and oxygen atoms in total. The van der Waals surface area contributed by atoms with Gasteiger partial charge in [0.05, 0.1) is 0 Å². The van der Waals surface area contributed by atoms with E-state index < -0.39 is 6.10 Å². The van der Waals surface area contributed by atoms with Crippen LogP contribution in [0.2, 0.25) is 0 Å². The van der Waals surface area contributed by atoms with Crippen molar-refractivity contribution in [1.29, 1.82) is 0 Å². The summed E-state index contributed by atoms with van der Waals surface area (Å²) in [5.41, 5.74) is 2.23. The molecule has 0 aliphatic heterocycles. The van der Waals surface area contributed by atoms with Crippen molar-refractivity contribution in [2.45, 2.75) is 20.0 Å². The third-order valence-corrected chi connectivity index (χ3v) is 4.23. The number of carbonyl (C=O) groups excluding carboxylic acids is 2. The molecule has 2 amide bonds. The largest absolute Gasteiger partial charge is 0.484 e. The van der Waals surface area contributed by atoms with Crippen LogP contribution in [-0.4, -0.2) is 24.5 Å². The standard InChI is InChI=1S/C24H24N2O4/c1-17-11-13-22(14-12-17)30-18(2)24(28)26-20-8-6-7-19(15-20)25-23(27)16-29-21-9-4-3-5-10-21/h3-15,18H,16H2,1-2H3,(H,25,27)(H,26,28).